The number of carbonyl (C=O) groups excluding carboxylic acids is 1. The van der Waals surface area contributed by atoms with Crippen molar-refractivity contribution >= 4 is 17.1 Å². The lowest BCUT2D eigenvalue weighted by Crippen LogP contribution is -2.04. The topological polar surface area (TPSA) is 56.0 Å². The number of aromatic nitrogens is 2. The molecular formula is C11H12N2O2S. The number of rotatable bonds is 3. The summed E-state index contributed by atoms with van der Waals surface area (Å²) in [7, 11) is 0. The summed E-state index contributed by atoms with van der Waals surface area (Å²) in [4.78, 5) is 15.4. The van der Waals surface area contributed by atoms with E-state index in [9.17, 15) is 4.79 Å². The van der Waals surface area contributed by atoms with Gasteiger partial charge in [-0.2, -0.15) is 16.3 Å². The van der Waals surface area contributed by atoms with Gasteiger partial charge in [0.15, 0.2) is 0 Å². The summed E-state index contributed by atoms with van der Waals surface area (Å²) in [5.41, 5.74) is 2.09. The van der Waals surface area contributed by atoms with Crippen LogP contribution in [0, 0.1) is 6.92 Å². The van der Waals surface area contributed by atoms with E-state index in [1.807, 2.05) is 17.7 Å². The van der Waals surface area contributed by atoms with Crippen molar-refractivity contribution in [2.45, 2.75) is 26.7 Å². The van der Waals surface area contributed by atoms with Crippen molar-refractivity contribution in [3.63, 3.8) is 0 Å². The Kier molecular flexibility index (Phi) is 2.87. The molecule has 84 valence electrons. The van der Waals surface area contributed by atoms with Crippen LogP contribution in [0.4, 0.5) is 0 Å². The molecule has 0 aliphatic rings. The SMILES string of the molecule is CC(=O)C(C)c1nc(-c2cscc2C)no1. The number of hydrogen-bond donors (Lipinski definition) is 0. The Morgan fingerprint density at radius 1 is 1.50 bits per heavy atom. The van der Waals surface area contributed by atoms with Gasteiger partial charge in [0.25, 0.3) is 0 Å². The third-order valence-corrected chi connectivity index (χ3v) is 3.38. The molecule has 0 saturated heterocycles. The summed E-state index contributed by atoms with van der Waals surface area (Å²) >= 11 is 1.60. The molecule has 2 aromatic rings. The minimum absolute atomic E-state index is 0.0252. The van der Waals surface area contributed by atoms with Gasteiger partial charge in [-0.25, -0.2) is 0 Å². The molecule has 16 heavy (non-hydrogen) atoms. The van der Waals surface area contributed by atoms with Crippen molar-refractivity contribution in [1.82, 2.24) is 10.1 Å². The number of thiophene rings is 1. The van der Waals surface area contributed by atoms with Gasteiger partial charge in [-0.1, -0.05) is 5.16 Å². The van der Waals surface area contributed by atoms with Gasteiger partial charge in [-0.05, 0) is 31.7 Å². The van der Waals surface area contributed by atoms with Crippen molar-refractivity contribution < 1.29 is 9.32 Å². The molecule has 0 radical (unpaired) electrons. The maximum absolute atomic E-state index is 11.2. The first kappa shape index (κ1) is 11.0. The van der Waals surface area contributed by atoms with Crippen LogP contribution < -0.4 is 0 Å². The molecule has 0 spiro atoms. The van der Waals surface area contributed by atoms with E-state index in [-0.39, 0.29) is 11.7 Å². The maximum atomic E-state index is 11.2. The Morgan fingerprint density at radius 2 is 2.25 bits per heavy atom. The Balaban J connectivity index is 2.33. The molecule has 0 aliphatic heterocycles. The van der Waals surface area contributed by atoms with E-state index in [2.05, 4.69) is 10.1 Å². The van der Waals surface area contributed by atoms with Crippen molar-refractivity contribution in [2.75, 3.05) is 0 Å². The normalized spacial score (nSPS) is 12.7. The molecule has 0 aromatic carbocycles. The standard InChI is InChI=1S/C11H12N2O2S/c1-6-4-16-5-9(6)10-12-11(15-13-10)7(2)8(3)14/h4-5,7H,1-3H3. The fraction of sp³-hybridized carbons (Fsp3) is 0.364. The summed E-state index contributed by atoms with van der Waals surface area (Å²) in [5, 5.41) is 7.89. The second kappa shape index (κ2) is 4.17. The van der Waals surface area contributed by atoms with Crippen molar-refractivity contribution in [3.8, 4) is 11.4 Å². The zero-order valence-corrected chi connectivity index (χ0v) is 10.2. The lowest BCUT2D eigenvalue weighted by atomic mass is 10.1. The number of nitrogens with zero attached hydrogens (tertiary/aromatic N) is 2. The Hall–Kier alpha value is -1.49. The highest BCUT2D eigenvalue weighted by Crippen LogP contribution is 2.25. The van der Waals surface area contributed by atoms with E-state index >= 15 is 0 Å². The van der Waals surface area contributed by atoms with Crippen LogP contribution in [0.3, 0.4) is 0 Å². The number of ketones is 1. The molecule has 1 atom stereocenters. The monoisotopic (exact) mass is 236 g/mol. The lowest BCUT2D eigenvalue weighted by molar-refractivity contribution is -0.118. The highest BCUT2D eigenvalue weighted by atomic mass is 32.1. The smallest absolute Gasteiger partial charge is 0.237 e. The van der Waals surface area contributed by atoms with Gasteiger partial charge in [0, 0.05) is 10.9 Å². The van der Waals surface area contributed by atoms with Gasteiger partial charge >= 0.3 is 0 Å². The minimum Gasteiger partial charge on any atom is -0.338 e. The molecule has 0 fully saturated rings. The third-order valence-electron chi connectivity index (χ3n) is 2.52. The maximum Gasteiger partial charge on any atom is 0.237 e. The van der Waals surface area contributed by atoms with Crippen LogP contribution in [0.25, 0.3) is 11.4 Å². The molecule has 0 bridgehead atoms. The molecule has 2 heterocycles. The highest BCUT2D eigenvalue weighted by Gasteiger charge is 2.19. The molecule has 2 aromatic heterocycles. The molecule has 4 nitrogen and oxygen atoms in total. The van der Waals surface area contributed by atoms with Crippen LogP contribution in [0.2, 0.25) is 0 Å². The van der Waals surface area contributed by atoms with Crippen LogP contribution in [-0.2, 0) is 4.79 Å². The van der Waals surface area contributed by atoms with E-state index in [0.717, 1.165) is 11.1 Å². The summed E-state index contributed by atoms with van der Waals surface area (Å²) in [6, 6.07) is 0. The molecule has 1 unspecified atom stereocenters. The molecule has 0 aliphatic carbocycles. The zero-order valence-electron chi connectivity index (χ0n) is 9.35. The van der Waals surface area contributed by atoms with E-state index in [1.54, 1.807) is 18.3 Å². The summed E-state index contributed by atoms with van der Waals surface area (Å²) < 4.78 is 5.09. The zero-order chi connectivity index (χ0) is 11.7. The minimum atomic E-state index is -0.333. The predicted molar refractivity (Wildman–Crippen MR) is 61.4 cm³/mol. The quantitative estimate of drug-likeness (QED) is 0.822. The molecule has 5 heteroatoms. The summed E-state index contributed by atoms with van der Waals surface area (Å²) in [5.74, 6) is 0.632. The highest BCUT2D eigenvalue weighted by molar-refractivity contribution is 7.08. The van der Waals surface area contributed by atoms with Crippen LogP contribution in [-0.4, -0.2) is 15.9 Å². The van der Waals surface area contributed by atoms with Gasteiger partial charge in [-0.3, -0.25) is 4.79 Å². The third kappa shape index (κ3) is 1.90. The second-order valence-electron chi connectivity index (χ2n) is 3.76. The lowest BCUT2D eigenvalue weighted by Gasteiger charge is -1.97. The van der Waals surface area contributed by atoms with Crippen LogP contribution >= 0.6 is 11.3 Å². The fourth-order valence-corrected chi connectivity index (χ4v) is 2.11. The number of aryl methyl sites for hydroxylation is 1. The van der Waals surface area contributed by atoms with E-state index < -0.39 is 0 Å². The second-order valence-corrected chi connectivity index (χ2v) is 4.50. The van der Waals surface area contributed by atoms with Gasteiger partial charge in [-0.15, -0.1) is 0 Å². The van der Waals surface area contributed by atoms with Gasteiger partial charge in [0.1, 0.15) is 5.78 Å². The predicted octanol–water partition coefficient (Wildman–Crippen LogP) is 2.80. The Labute approximate surface area is 97.3 Å². The molecule has 0 amide bonds. The average Bonchev–Trinajstić information content (AvgIpc) is 2.84. The van der Waals surface area contributed by atoms with Crippen LogP contribution in [0.1, 0.15) is 31.2 Å². The summed E-state index contributed by atoms with van der Waals surface area (Å²) in [6.07, 6.45) is 0. The Morgan fingerprint density at radius 3 is 2.81 bits per heavy atom. The first-order valence-electron chi connectivity index (χ1n) is 4.97. The largest absolute Gasteiger partial charge is 0.338 e. The van der Waals surface area contributed by atoms with Crippen molar-refractivity contribution in [1.29, 1.82) is 0 Å². The fourth-order valence-electron chi connectivity index (χ4n) is 1.28. The van der Waals surface area contributed by atoms with E-state index in [4.69, 9.17) is 4.52 Å². The van der Waals surface area contributed by atoms with Crippen molar-refractivity contribution in [2.24, 2.45) is 0 Å². The van der Waals surface area contributed by atoms with Crippen LogP contribution in [0.15, 0.2) is 15.3 Å². The first-order chi connectivity index (χ1) is 7.59. The van der Waals surface area contributed by atoms with Gasteiger partial charge in [0.2, 0.25) is 11.7 Å². The van der Waals surface area contributed by atoms with Crippen molar-refractivity contribution in [3.05, 3.63) is 22.2 Å². The average molecular weight is 236 g/mol. The number of carbonyl (C=O) groups is 1. The number of hydrogen-bond acceptors (Lipinski definition) is 5. The molecule has 2 rings (SSSR count). The van der Waals surface area contributed by atoms with Gasteiger partial charge < -0.3 is 4.52 Å². The van der Waals surface area contributed by atoms with E-state index in [0.29, 0.717) is 11.7 Å². The first-order valence-corrected chi connectivity index (χ1v) is 5.91. The van der Waals surface area contributed by atoms with E-state index in [1.165, 1.54) is 6.92 Å². The number of Topliss-reactive ketones (excluding diaryl/α,β-unsaturated/α-hetero) is 1. The Bertz CT molecular complexity index is 516. The summed E-state index contributed by atoms with van der Waals surface area (Å²) in [6.45, 7) is 5.28. The molecule has 0 N–H and O–H groups in total. The van der Waals surface area contributed by atoms with Gasteiger partial charge in [0.05, 0.1) is 5.92 Å². The molecular weight excluding hydrogens is 224 g/mol. The molecule has 0 saturated carbocycles. The van der Waals surface area contributed by atoms with Crippen LogP contribution in [0.5, 0.6) is 0 Å².